The number of rotatable bonds is 5. The van der Waals surface area contributed by atoms with Crippen LogP contribution in [0.25, 0.3) is 0 Å². The maximum Gasteiger partial charge on any atom is 0.460 e. The largest absolute Gasteiger partial charge is 0.460 e. The number of nitrogens with two attached hydrogens (primary N) is 1. The number of hydrogen-bond donors (Lipinski definition) is 2. The molecule has 158 valence electrons. The fourth-order valence-corrected chi connectivity index (χ4v) is 3.90. The molecule has 0 radical (unpaired) electrons. The Labute approximate surface area is 154 Å². The van der Waals surface area contributed by atoms with E-state index in [4.69, 9.17) is 5.73 Å². The van der Waals surface area contributed by atoms with Crippen LogP contribution < -0.4 is 11.1 Å². The average molecular weight is 442 g/mol. The van der Waals surface area contributed by atoms with E-state index in [-0.39, 0.29) is 12.0 Å². The third-order valence-corrected chi connectivity index (χ3v) is 5.28. The van der Waals surface area contributed by atoms with Crippen molar-refractivity contribution in [1.29, 1.82) is 0 Å². The summed E-state index contributed by atoms with van der Waals surface area (Å²) in [5.41, 5.74) is 4.92. The van der Waals surface area contributed by atoms with Crippen LogP contribution in [0.1, 0.15) is 33.6 Å². The minimum Gasteiger partial charge on any atom is -0.365 e. The standard InChI is InChI=1S/C14H11F9N2O2S/c15-11(16,12(17,18)13(19,20)14(21,22)23)10(27)25-9-7(8(24)26)5-3-1-2-4-6(5)28-9/h1-4H2,(H2,24,26)(H,25,27). The maximum absolute atomic E-state index is 13.7. The Kier molecular flexibility index (Phi) is 5.42. The highest BCUT2D eigenvalue weighted by Crippen LogP contribution is 2.53. The highest BCUT2D eigenvalue weighted by atomic mass is 32.1. The lowest BCUT2D eigenvalue weighted by molar-refractivity contribution is -0.388. The number of anilines is 1. The lowest BCUT2D eigenvalue weighted by Crippen LogP contribution is -2.64. The van der Waals surface area contributed by atoms with Gasteiger partial charge >= 0.3 is 29.9 Å². The predicted octanol–water partition coefficient (Wildman–Crippen LogP) is 4.13. The smallest absolute Gasteiger partial charge is 0.365 e. The molecule has 1 aliphatic carbocycles. The van der Waals surface area contributed by atoms with Crippen molar-refractivity contribution in [2.75, 3.05) is 5.32 Å². The second-order valence-corrected chi connectivity index (χ2v) is 7.06. The molecule has 0 saturated carbocycles. The molecule has 0 bridgehead atoms. The number of fused-ring (bicyclic) bond motifs is 1. The SMILES string of the molecule is NC(=O)c1c(NC(=O)C(F)(F)C(F)(F)C(F)(F)C(F)(F)F)sc2c1CCCC2. The first-order valence-corrected chi connectivity index (χ1v) is 8.33. The molecule has 1 aromatic rings. The van der Waals surface area contributed by atoms with Gasteiger partial charge in [-0.2, -0.15) is 39.5 Å². The van der Waals surface area contributed by atoms with Gasteiger partial charge in [0.2, 0.25) is 0 Å². The second kappa shape index (κ2) is 6.81. The number of nitrogens with one attached hydrogen (secondary N) is 1. The zero-order valence-electron chi connectivity index (χ0n) is 13.5. The molecule has 2 amide bonds. The summed E-state index contributed by atoms with van der Waals surface area (Å²) in [6, 6.07) is 0. The number of primary amides is 1. The van der Waals surface area contributed by atoms with E-state index in [2.05, 4.69) is 0 Å². The Hall–Kier alpha value is -1.99. The summed E-state index contributed by atoms with van der Waals surface area (Å²) in [5.74, 6) is -25.1. The number of thiophene rings is 1. The second-order valence-electron chi connectivity index (χ2n) is 5.95. The number of amides is 2. The van der Waals surface area contributed by atoms with E-state index in [9.17, 15) is 49.1 Å². The molecular formula is C14H11F9N2O2S. The predicted molar refractivity (Wildman–Crippen MR) is 79.0 cm³/mol. The third kappa shape index (κ3) is 3.31. The van der Waals surface area contributed by atoms with E-state index in [1.165, 1.54) is 5.32 Å². The molecule has 28 heavy (non-hydrogen) atoms. The van der Waals surface area contributed by atoms with Gasteiger partial charge in [-0.25, -0.2) is 0 Å². The van der Waals surface area contributed by atoms with Crippen LogP contribution in [0, 0.1) is 0 Å². The highest BCUT2D eigenvalue weighted by molar-refractivity contribution is 7.17. The molecule has 2 rings (SSSR count). The fraction of sp³-hybridized carbons (Fsp3) is 0.571. The summed E-state index contributed by atoms with van der Waals surface area (Å²) < 4.78 is 116. The molecule has 4 nitrogen and oxygen atoms in total. The first-order chi connectivity index (χ1) is 12.6. The quantitative estimate of drug-likeness (QED) is 0.674. The molecule has 0 spiro atoms. The summed E-state index contributed by atoms with van der Waals surface area (Å²) in [4.78, 5) is 23.5. The number of halogens is 9. The van der Waals surface area contributed by atoms with Crippen molar-refractivity contribution in [3.63, 3.8) is 0 Å². The van der Waals surface area contributed by atoms with Gasteiger partial charge in [0.15, 0.2) is 0 Å². The van der Waals surface area contributed by atoms with E-state index in [0.717, 1.165) is 0 Å². The zero-order chi connectivity index (χ0) is 21.7. The van der Waals surface area contributed by atoms with Gasteiger partial charge in [-0.05, 0) is 31.2 Å². The van der Waals surface area contributed by atoms with Crippen LogP contribution in [-0.2, 0) is 17.6 Å². The molecule has 1 heterocycles. The van der Waals surface area contributed by atoms with Crippen LogP contribution in [0.4, 0.5) is 44.5 Å². The summed E-state index contributed by atoms with van der Waals surface area (Å²) in [6.07, 6.45) is -5.22. The molecule has 3 N–H and O–H groups in total. The lowest BCUT2D eigenvalue weighted by atomic mass is 9.95. The number of alkyl halides is 9. The van der Waals surface area contributed by atoms with Gasteiger partial charge in [0.05, 0.1) is 5.56 Å². The topological polar surface area (TPSA) is 72.2 Å². The van der Waals surface area contributed by atoms with E-state index in [0.29, 0.717) is 35.5 Å². The Morgan fingerprint density at radius 2 is 1.43 bits per heavy atom. The van der Waals surface area contributed by atoms with Gasteiger partial charge < -0.3 is 11.1 Å². The van der Waals surface area contributed by atoms with E-state index in [1.54, 1.807) is 0 Å². The Morgan fingerprint density at radius 3 is 1.93 bits per heavy atom. The van der Waals surface area contributed by atoms with Gasteiger partial charge in [0.25, 0.3) is 5.91 Å². The molecule has 0 atom stereocenters. The monoisotopic (exact) mass is 442 g/mol. The lowest BCUT2D eigenvalue weighted by Gasteiger charge is -2.32. The Balaban J connectivity index is 2.42. The summed E-state index contributed by atoms with van der Waals surface area (Å²) in [7, 11) is 0. The number of aryl methyl sites for hydroxylation is 1. The van der Waals surface area contributed by atoms with E-state index >= 15 is 0 Å². The van der Waals surface area contributed by atoms with Gasteiger partial charge in [-0.1, -0.05) is 0 Å². The molecule has 1 aliphatic rings. The van der Waals surface area contributed by atoms with Gasteiger partial charge in [-0.15, -0.1) is 11.3 Å². The van der Waals surface area contributed by atoms with Crippen LogP contribution in [0.3, 0.4) is 0 Å². The zero-order valence-corrected chi connectivity index (χ0v) is 14.3. The van der Waals surface area contributed by atoms with Crippen LogP contribution >= 0.6 is 11.3 Å². The molecule has 14 heteroatoms. The van der Waals surface area contributed by atoms with Crippen molar-refractivity contribution in [3.8, 4) is 0 Å². The van der Waals surface area contributed by atoms with E-state index < -0.39 is 46.3 Å². The normalized spacial score (nSPS) is 15.9. The minimum absolute atomic E-state index is 0.263. The molecular weight excluding hydrogens is 431 g/mol. The van der Waals surface area contributed by atoms with Gasteiger partial charge in [0.1, 0.15) is 5.00 Å². The van der Waals surface area contributed by atoms with Crippen molar-refractivity contribution in [2.24, 2.45) is 5.73 Å². The van der Waals surface area contributed by atoms with Crippen LogP contribution in [0.5, 0.6) is 0 Å². The Bertz CT molecular complexity index is 801. The van der Waals surface area contributed by atoms with Gasteiger partial charge in [-0.3, -0.25) is 9.59 Å². The molecule has 0 unspecified atom stereocenters. The minimum atomic E-state index is -7.19. The summed E-state index contributed by atoms with van der Waals surface area (Å²) >= 11 is 0.538. The third-order valence-electron chi connectivity index (χ3n) is 4.07. The van der Waals surface area contributed by atoms with Crippen molar-refractivity contribution in [1.82, 2.24) is 0 Å². The van der Waals surface area contributed by atoms with E-state index in [1.807, 2.05) is 0 Å². The van der Waals surface area contributed by atoms with Crippen molar-refractivity contribution >= 4 is 28.2 Å². The van der Waals surface area contributed by atoms with Gasteiger partial charge in [0, 0.05) is 4.88 Å². The summed E-state index contributed by atoms with van der Waals surface area (Å²) in [5, 5.41) is 0.454. The number of carbonyl (C=O) groups is 2. The molecule has 0 aliphatic heterocycles. The van der Waals surface area contributed by atoms with Crippen LogP contribution in [0.2, 0.25) is 0 Å². The van der Waals surface area contributed by atoms with Crippen LogP contribution in [0.15, 0.2) is 0 Å². The van der Waals surface area contributed by atoms with Crippen LogP contribution in [-0.4, -0.2) is 35.8 Å². The summed E-state index contributed by atoms with van der Waals surface area (Å²) in [6.45, 7) is 0. The number of carbonyl (C=O) groups excluding carboxylic acids is 2. The molecule has 0 fully saturated rings. The Morgan fingerprint density at radius 1 is 0.893 bits per heavy atom. The molecule has 0 aromatic carbocycles. The molecule has 1 aromatic heterocycles. The average Bonchev–Trinajstić information content (AvgIpc) is 2.91. The van der Waals surface area contributed by atoms with Crippen molar-refractivity contribution in [2.45, 2.75) is 49.6 Å². The first-order valence-electron chi connectivity index (χ1n) is 7.51. The highest BCUT2D eigenvalue weighted by Gasteiger charge is 2.83. The number of hydrogen-bond acceptors (Lipinski definition) is 3. The van der Waals surface area contributed by atoms with Crippen molar-refractivity contribution in [3.05, 3.63) is 16.0 Å². The maximum atomic E-state index is 13.7. The fourth-order valence-electron chi connectivity index (χ4n) is 2.61. The first kappa shape index (κ1) is 22.3. The molecule has 0 saturated heterocycles. The van der Waals surface area contributed by atoms with Crippen molar-refractivity contribution < 1.29 is 49.1 Å².